The van der Waals surface area contributed by atoms with Crippen molar-refractivity contribution in [2.24, 2.45) is 0 Å². The summed E-state index contributed by atoms with van der Waals surface area (Å²) in [6.07, 6.45) is 3.50. The van der Waals surface area contributed by atoms with Crippen molar-refractivity contribution in [1.29, 1.82) is 0 Å². The molecule has 0 fully saturated rings. The Morgan fingerprint density at radius 3 is 2.84 bits per heavy atom. The summed E-state index contributed by atoms with van der Waals surface area (Å²) in [5, 5.41) is 7.74. The maximum absolute atomic E-state index is 5.96. The van der Waals surface area contributed by atoms with Gasteiger partial charge in [-0.2, -0.15) is 0 Å². The van der Waals surface area contributed by atoms with Gasteiger partial charge >= 0.3 is 0 Å². The first-order valence-electron chi connectivity index (χ1n) is 6.01. The van der Waals surface area contributed by atoms with E-state index in [1.54, 1.807) is 10.9 Å². The van der Waals surface area contributed by atoms with E-state index in [4.69, 9.17) is 11.6 Å². The molecule has 0 saturated carbocycles. The van der Waals surface area contributed by atoms with Gasteiger partial charge in [0.05, 0.1) is 18.6 Å². The van der Waals surface area contributed by atoms with Gasteiger partial charge in [-0.25, -0.2) is 9.97 Å². The topological polar surface area (TPSA) is 61.4 Å². The van der Waals surface area contributed by atoms with Gasteiger partial charge in [0.15, 0.2) is 5.65 Å². The second-order valence-electron chi connectivity index (χ2n) is 4.27. The Labute approximate surface area is 115 Å². The number of hydrogen-bond acceptors (Lipinski definition) is 4. The smallest absolute Gasteiger partial charge is 0.160 e. The Morgan fingerprint density at radius 1 is 1.21 bits per heavy atom. The van der Waals surface area contributed by atoms with E-state index < -0.39 is 0 Å². The molecule has 0 aliphatic heterocycles. The summed E-state index contributed by atoms with van der Waals surface area (Å²) in [5.74, 6) is 1.20. The highest BCUT2D eigenvalue weighted by atomic mass is 35.5. The molecule has 3 aromatic rings. The molecule has 0 atom stereocenters. The van der Waals surface area contributed by atoms with Crippen molar-refractivity contribution in [3.63, 3.8) is 0 Å². The number of fused-ring (bicyclic) bond motifs is 1. The van der Waals surface area contributed by atoms with E-state index in [0.717, 1.165) is 29.2 Å². The predicted molar refractivity (Wildman–Crippen MR) is 71.8 cm³/mol. The highest BCUT2D eigenvalue weighted by Crippen LogP contribution is 2.16. The first kappa shape index (κ1) is 12.1. The minimum absolute atomic E-state index is 0.368. The average molecular weight is 277 g/mol. The molecule has 19 heavy (non-hydrogen) atoms. The summed E-state index contributed by atoms with van der Waals surface area (Å²) in [7, 11) is 0. The molecule has 0 aliphatic rings. The molecule has 0 N–H and O–H groups in total. The van der Waals surface area contributed by atoms with Crippen molar-refractivity contribution in [2.75, 3.05) is 0 Å². The van der Waals surface area contributed by atoms with E-state index in [0.29, 0.717) is 12.4 Å². The summed E-state index contributed by atoms with van der Waals surface area (Å²) < 4.78 is 3.82. The normalized spacial score (nSPS) is 11.3. The van der Waals surface area contributed by atoms with Crippen LogP contribution in [-0.2, 0) is 19.0 Å². The zero-order valence-electron chi connectivity index (χ0n) is 10.5. The zero-order chi connectivity index (χ0) is 13.2. The number of pyridine rings is 1. The third kappa shape index (κ3) is 2.31. The first-order valence-corrected chi connectivity index (χ1v) is 6.54. The molecule has 0 spiro atoms. The van der Waals surface area contributed by atoms with Gasteiger partial charge < -0.3 is 4.57 Å². The Balaban J connectivity index is 1.97. The summed E-state index contributed by atoms with van der Waals surface area (Å²) in [4.78, 5) is 9.04. The van der Waals surface area contributed by atoms with Crippen LogP contribution < -0.4 is 0 Å². The van der Waals surface area contributed by atoms with E-state index in [2.05, 4.69) is 20.3 Å². The van der Waals surface area contributed by atoms with Gasteiger partial charge in [0, 0.05) is 18.4 Å². The van der Waals surface area contributed by atoms with E-state index in [9.17, 15) is 0 Å². The van der Waals surface area contributed by atoms with Crippen LogP contribution in [0.1, 0.15) is 11.5 Å². The fourth-order valence-electron chi connectivity index (χ4n) is 2.03. The minimum atomic E-state index is 0.368. The first-order chi connectivity index (χ1) is 9.28. The van der Waals surface area contributed by atoms with Crippen LogP contribution in [0.4, 0.5) is 0 Å². The number of nitrogens with zero attached hydrogens (tertiary/aromatic N) is 6. The number of imidazole rings is 1. The summed E-state index contributed by atoms with van der Waals surface area (Å²) in [6, 6.07) is 3.93. The number of alkyl halides is 1. The maximum atomic E-state index is 5.96. The van der Waals surface area contributed by atoms with Crippen LogP contribution in [0, 0.1) is 6.92 Å². The monoisotopic (exact) mass is 276 g/mol. The van der Waals surface area contributed by atoms with E-state index in [-0.39, 0.29) is 0 Å². The minimum Gasteiger partial charge on any atom is -0.310 e. The van der Waals surface area contributed by atoms with Gasteiger partial charge in [-0.3, -0.25) is 4.68 Å². The molecule has 0 bridgehead atoms. The lowest BCUT2D eigenvalue weighted by Crippen LogP contribution is -2.11. The average Bonchev–Trinajstić information content (AvgIpc) is 3.03. The van der Waals surface area contributed by atoms with Gasteiger partial charge in [-0.05, 0) is 19.1 Å². The second-order valence-corrected chi connectivity index (χ2v) is 4.54. The number of hydrogen-bond donors (Lipinski definition) is 0. The Kier molecular flexibility index (Phi) is 3.16. The van der Waals surface area contributed by atoms with Crippen LogP contribution in [0.3, 0.4) is 0 Å². The van der Waals surface area contributed by atoms with Crippen LogP contribution in [0.5, 0.6) is 0 Å². The van der Waals surface area contributed by atoms with Crippen molar-refractivity contribution < 1.29 is 0 Å². The standard InChI is InChI=1S/C12H13ClN6/c1-9-2-3-10-12(15-9)19(11(8-13)16-10)7-6-18-5-4-14-17-18/h2-5H,6-8H2,1H3. The quantitative estimate of drug-likeness (QED) is 0.682. The molecule has 6 nitrogen and oxygen atoms in total. The summed E-state index contributed by atoms with van der Waals surface area (Å²) in [6.45, 7) is 3.40. The highest BCUT2D eigenvalue weighted by molar-refractivity contribution is 6.16. The molecule has 0 unspecified atom stereocenters. The predicted octanol–water partition coefficient (Wildman–Crippen LogP) is 1.77. The molecule has 0 radical (unpaired) electrons. The van der Waals surface area contributed by atoms with Crippen LogP contribution in [0.25, 0.3) is 11.2 Å². The SMILES string of the molecule is Cc1ccc2nc(CCl)n(CCn3ccnn3)c2n1. The largest absolute Gasteiger partial charge is 0.310 e. The Morgan fingerprint density at radius 2 is 2.11 bits per heavy atom. The van der Waals surface area contributed by atoms with E-state index >= 15 is 0 Å². The highest BCUT2D eigenvalue weighted by Gasteiger charge is 2.11. The van der Waals surface area contributed by atoms with Crippen LogP contribution in [-0.4, -0.2) is 29.5 Å². The van der Waals surface area contributed by atoms with Crippen molar-refractivity contribution in [3.05, 3.63) is 36.0 Å². The van der Waals surface area contributed by atoms with Gasteiger partial charge in [0.1, 0.15) is 11.3 Å². The van der Waals surface area contributed by atoms with Crippen molar-refractivity contribution in [3.8, 4) is 0 Å². The molecule has 0 amide bonds. The zero-order valence-corrected chi connectivity index (χ0v) is 11.2. The van der Waals surface area contributed by atoms with E-state index in [1.165, 1.54) is 0 Å². The Hall–Kier alpha value is -1.95. The molecule has 0 aromatic carbocycles. The molecular weight excluding hydrogens is 264 g/mol. The van der Waals surface area contributed by atoms with Crippen LogP contribution in [0.2, 0.25) is 0 Å². The van der Waals surface area contributed by atoms with Crippen LogP contribution >= 0.6 is 11.6 Å². The van der Waals surface area contributed by atoms with Crippen molar-refractivity contribution >= 4 is 22.8 Å². The third-order valence-corrected chi connectivity index (χ3v) is 3.19. The summed E-state index contributed by atoms with van der Waals surface area (Å²) in [5.41, 5.74) is 2.71. The fourth-order valence-corrected chi connectivity index (χ4v) is 2.24. The van der Waals surface area contributed by atoms with Crippen molar-refractivity contribution in [1.82, 2.24) is 29.5 Å². The van der Waals surface area contributed by atoms with Gasteiger partial charge in [-0.15, -0.1) is 16.7 Å². The lowest BCUT2D eigenvalue weighted by atomic mass is 10.3. The molecule has 0 saturated heterocycles. The second kappa shape index (κ2) is 4.97. The third-order valence-electron chi connectivity index (χ3n) is 2.95. The fraction of sp³-hybridized carbons (Fsp3) is 0.333. The molecule has 98 valence electrons. The number of halogens is 1. The lowest BCUT2D eigenvalue weighted by Gasteiger charge is -2.07. The van der Waals surface area contributed by atoms with Gasteiger partial charge in [0.2, 0.25) is 0 Å². The van der Waals surface area contributed by atoms with Crippen molar-refractivity contribution in [2.45, 2.75) is 25.9 Å². The summed E-state index contributed by atoms with van der Waals surface area (Å²) >= 11 is 5.96. The molecule has 3 rings (SSSR count). The molecular formula is C12H13ClN6. The molecule has 7 heteroatoms. The lowest BCUT2D eigenvalue weighted by molar-refractivity contribution is 0.517. The molecule has 3 heterocycles. The maximum Gasteiger partial charge on any atom is 0.160 e. The van der Waals surface area contributed by atoms with Gasteiger partial charge in [0.25, 0.3) is 0 Å². The molecule has 3 aromatic heterocycles. The van der Waals surface area contributed by atoms with Gasteiger partial charge in [-0.1, -0.05) is 5.21 Å². The Bertz CT molecular complexity index is 688. The number of aromatic nitrogens is 6. The molecule has 0 aliphatic carbocycles. The number of rotatable bonds is 4. The van der Waals surface area contributed by atoms with Crippen LogP contribution in [0.15, 0.2) is 24.5 Å². The number of aryl methyl sites for hydroxylation is 3. The van der Waals surface area contributed by atoms with E-state index in [1.807, 2.05) is 29.8 Å².